The summed E-state index contributed by atoms with van der Waals surface area (Å²) in [6.07, 6.45) is 11.0. The summed E-state index contributed by atoms with van der Waals surface area (Å²) in [6.45, 7) is 0. The van der Waals surface area contributed by atoms with Crippen LogP contribution in [0.5, 0.6) is 0 Å². The van der Waals surface area contributed by atoms with Crippen LogP contribution in [0.1, 0.15) is 34.2 Å². The van der Waals surface area contributed by atoms with E-state index >= 15 is 0 Å². The van der Waals surface area contributed by atoms with E-state index in [9.17, 15) is 9.59 Å². The van der Waals surface area contributed by atoms with Gasteiger partial charge in [0.2, 0.25) is 22.1 Å². The average molecular weight is 521 g/mol. The standard InChI is InChI=1S/C24H24N8O2S2/c33-19(15-17-9-5-7-13-25-17)27-23-31-29-21(35-23)11-3-1-2-4-12-22-30-32-24(36-22)28-20(34)16-18-10-6-8-14-26-18/h1-2,5-10,13-14H,3-4,11-12,15-16H2,(H,27,31,33)(H,28,32,34)/b2-1+. The highest BCUT2D eigenvalue weighted by Gasteiger charge is 2.10. The first-order chi connectivity index (χ1) is 17.6. The van der Waals surface area contributed by atoms with Crippen molar-refractivity contribution in [2.75, 3.05) is 10.6 Å². The molecule has 4 aromatic rings. The van der Waals surface area contributed by atoms with Crippen LogP contribution in [0.2, 0.25) is 0 Å². The van der Waals surface area contributed by atoms with Crippen molar-refractivity contribution >= 4 is 44.8 Å². The summed E-state index contributed by atoms with van der Waals surface area (Å²) in [7, 11) is 0. The van der Waals surface area contributed by atoms with Crippen LogP contribution in [-0.2, 0) is 35.3 Å². The Morgan fingerprint density at radius 2 is 1.17 bits per heavy atom. The molecule has 0 aliphatic heterocycles. The molecule has 0 aliphatic rings. The monoisotopic (exact) mass is 520 g/mol. The van der Waals surface area contributed by atoms with Crippen molar-refractivity contribution in [2.45, 2.75) is 38.5 Å². The molecule has 2 N–H and O–H groups in total. The van der Waals surface area contributed by atoms with E-state index < -0.39 is 0 Å². The van der Waals surface area contributed by atoms with Gasteiger partial charge in [-0.1, -0.05) is 47.0 Å². The number of hydrogen-bond acceptors (Lipinski definition) is 10. The van der Waals surface area contributed by atoms with E-state index in [1.165, 1.54) is 22.7 Å². The number of hydrogen-bond donors (Lipinski definition) is 2. The maximum absolute atomic E-state index is 12.1. The molecule has 2 amide bonds. The van der Waals surface area contributed by atoms with Gasteiger partial charge in [-0.3, -0.25) is 19.6 Å². The number of carbonyl (C=O) groups is 2. The summed E-state index contributed by atoms with van der Waals surface area (Å²) in [5.74, 6) is -0.326. The fourth-order valence-corrected chi connectivity index (χ4v) is 4.66. The summed E-state index contributed by atoms with van der Waals surface area (Å²) < 4.78 is 0. The van der Waals surface area contributed by atoms with E-state index in [2.05, 4.69) is 53.1 Å². The molecule has 4 aromatic heterocycles. The highest BCUT2D eigenvalue weighted by molar-refractivity contribution is 7.15. The van der Waals surface area contributed by atoms with Gasteiger partial charge in [-0.25, -0.2) is 0 Å². The van der Waals surface area contributed by atoms with Crippen LogP contribution < -0.4 is 10.6 Å². The fourth-order valence-electron chi connectivity index (χ4n) is 3.12. The second kappa shape index (κ2) is 13.3. The molecule has 4 heterocycles. The second-order valence-corrected chi connectivity index (χ2v) is 9.77. The lowest BCUT2D eigenvalue weighted by molar-refractivity contribution is -0.116. The first kappa shape index (κ1) is 25.2. The van der Waals surface area contributed by atoms with Crippen molar-refractivity contribution < 1.29 is 9.59 Å². The first-order valence-electron chi connectivity index (χ1n) is 11.3. The van der Waals surface area contributed by atoms with Crippen molar-refractivity contribution in [3.63, 3.8) is 0 Å². The fraction of sp³-hybridized carbons (Fsp3) is 0.250. The predicted octanol–water partition coefficient (Wildman–Crippen LogP) is 3.66. The van der Waals surface area contributed by atoms with Crippen molar-refractivity contribution in [2.24, 2.45) is 0 Å². The number of carbonyl (C=O) groups excluding carboxylic acids is 2. The van der Waals surface area contributed by atoms with Gasteiger partial charge in [0.15, 0.2) is 0 Å². The minimum atomic E-state index is -0.163. The zero-order valence-electron chi connectivity index (χ0n) is 19.3. The van der Waals surface area contributed by atoms with Gasteiger partial charge in [0, 0.05) is 36.6 Å². The number of anilines is 2. The van der Waals surface area contributed by atoms with E-state index in [-0.39, 0.29) is 24.7 Å². The minimum absolute atomic E-state index is 0.163. The van der Waals surface area contributed by atoms with Crippen molar-refractivity contribution in [3.05, 3.63) is 82.3 Å². The zero-order chi connectivity index (χ0) is 25.0. The third kappa shape index (κ3) is 8.40. The Balaban J connectivity index is 1.12. The smallest absolute Gasteiger partial charge is 0.232 e. The quantitative estimate of drug-likeness (QED) is 0.270. The topological polar surface area (TPSA) is 136 Å². The predicted molar refractivity (Wildman–Crippen MR) is 139 cm³/mol. The van der Waals surface area contributed by atoms with Gasteiger partial charge in [0.25, 0.3) is 0 Å². The van der Waals surface area contributed by atoms with Gasteiger partial charge in [0.1, 0.15) is 10.0 Å². The summed E-state index contributed by atoms with van der Waals surface area (Å²) in [6, 6.07) is 10.9. The molecule has 10 nitrogen and oxygen atoms in total. The normalized spacial score (nSPS) is 11.0. The Bertz CT molecular complexity index is 1190. The number of nitrogens with zero attached hydrogens (tertiary/aromatic N) is 6. The van der Waals surface area contributed by atoms with E-state index in [0.717, 1.165) is 35.7 Å². The number of amides is 2. The molecule has 36 heavy (non-hydrogen) atoms. The Labute approximate surface area is 216 Å². The molecular formula is C24H24N8O2S2. The Hall–Kier alpha value is -3.90. The number of rotatable bonds is 12. The Morgan fingerprint density at radius 1 is 0.694 bits per heavy atom. The molecule has 184 valence electrons. The Morgan fingerprint density at radius 3 is 1.58 bits per heavy atom. The summed E-state index contributed by atoms with van der Waals surface area (Å²) in [4.78, 5) is 32.5. The molecule has 0 unspecified atom stereocenters. The maximum atomic E-state index is 12.1. The van der Waals surface area contributed by atoms with E-state index in [1.54, 1.807) is 12.4 Å². The van der Waals surface area contributed by atoms with Crippen LogP contribution >= 0.6 is 22.7 Å². The first-order valence-corrected chi connectivity index (χ1v) is 13.0. The highest BCUT2D eigenvalue weighted by Crippen LogP contribution is 2.18. The summed E-state index contributed by atoms with van der Waals surface area (Å²) >= 11 is 2.75. The molecule has 12 heteroatoms. The molecule has 0 spiro atoms. The largest absolute Gasteiger partial charge is 0.300 e. The molecule has 0 saturated carbocycles. The molecule has 0 atom stereocenters. The number of pyridine rings is 2. The number of allylic oxidation sites excluding steroid dienone is 2. The van der Waals surface area contributed by atoms with Crippen molar-refractivity contribution in [1.29, 1.82) is 0 Å². The van der Waals surface area contributed by atoms with Gasteiger partial charge in [-0.15, -0.1) is 20.4 Å². The number of aryl methyl sites for hydroxylation is 2. The van der Waals surface area contributed by atoms with Gasteiger partial charge in [-0.2, -0.15) is 0 Å². The molecule has 0 aliphatic carbocycles. The third-order valence-corrected chi connectivity index (χ3v) is 6.58. The summed E-state index contributed by atoms with van der Waals surface area (Å²) in [5.41, 5.74) is 1.42. The molecule has 0 saturated heterocycles. The molecule has 4 rings (SSSR count). The van der Waals surface area contributed by atoms with Gasteiger partial charge in [-0.05, 0) is 37.1 Å². The third-order valence-electron chi connectivity index (χ3n) is 4.78. The van der Waals surface area contributed by atoms with Gasteiger partial charge >= 0.3 is 0 Å². The van der Waals surface area contributed by atoms with Gasteiger partial charge in [0.05, 0.1) is 12.8 Å². The van der Waals surface area contributed by atoms with Crippen molar-refractivity contribution in [1.82, 2.24) is 30.4 Å². The van der Waals surface area contributed by atoms with Crippen LogP contribution in [0.4, 0.5) is 10.3 Å². The van der Waals surface area contributed by atoms with Gasteiger partial charge < -0.3 is 10.6 Å². The highest BCUT2D eigenvalue weighted by atomic mass is 32.1. The average Bonchev–Trinajstić information content (AvgIpc) is 3.51. The molecule has 0 bridgehead atoms. The lowest BCUT2D eigenvalue weighted by Gasteiger charge is -2.00. The molecule has 0 fully saturated rings. The maximum Gasteiger partial charge on any atom is 0.232 e. The van der Waals surface area contributed by atoms with Crippen molar-refractivity contribution in [3.8, 4) is 0 Å². The second-order valence-electron chi connectivity index (χ2n) is 7.64. The lowest BCUT2D eigenvalue weighted by Crippen LogP contribution is -2.14. The SMILES string of the molecule is O=C(Cc1ccccn1)Nc1nnc(CC/C=C/CCc2nnc(NC(=O)Cc3ccccn3)s2)s1. The lowest BCUT2D eigenvalue weighted by atomic mass is 10.2. The molecule has 0 radical (unpaired) electrons. The Kier molecular flexibility index (Phi) is 9.28. The van der Waals surface area contributed by atoms with E-state index in [4.69, 9.17) is 0 Å². The van der Waals surface area contributed by atoms with Crippen LogP contribution in [0.25, 0.3) is 0 Å². The molecular weight excluding hydrogens is 496 g/mol. The van der Waals surface area contributed by atoms with Crippen LogP contribution in [0, 0.1) is 0 Å². The van der Waals surface area contributed by atoms with E-state index in [1.807, 2.05) is 36.4 Å². The van der Waals surface area contributed by atoms with E-state index in [0.29, 0.717) is 21.7 Å². The number of nitrogens with one attached hydrogen (secondary N) is 2. The zero-order valence-corrected chi connectivity index (χ0v) is 21.0. The number of aromatic nitrogens is 6. The molecule has 0 aromatic carbocycles. The minimum Gasteiger partial charge on any atom is -0.300 e. The van der Waals surface area contributed by atoms with Crippen LogP contribution in [0.15, 0.2) is 60.9 Å². The van der Waals surface area contributed by atoms with Crippen LogP contribution in [-0.4, -0.2) is 42.2 Å². The summed E-state index contributed by atoms with van der Waals surface area (Å²) in [5, 5.41) is 24.6. The van der Waals surface area contributed by atoms with Crippen LogP contribution in [0.3, 0.4) is 0 Å².